The number of aliphatic hydroxyl groups excluding tert-OH is 7. The van der Waals surface area contributed by atoms with Crippen LogP contribution in [0.3, 0.4) is 0 Å². The van der Waals surface area contributed by atoms with Crippen molar-refractivity contribution >= 4 is 68.4 Å². The van der Waals surface area contributed by atoms with Crippen molar-refractivity contribution in [1.82, 2.24) is 0 Å². The number of hydrogen-bond acceptors (Lipinski definition) is 23. The molecule has 0 aromatic carbocycles. The number of halogens is 1. The van der Waals surface area contributed by atoms with Gasteiger partial charge in [0.05, 0.1) is 26.4 Å². The van der Waals surface area contributed by atoms with Gasteiger partial charge in [0.25, 0.3) is 15.6 Å². The minimum absolute atomic E-state index is 0. The Hall–Kier alpha value is -0.540. The molecular weight excluding hydrogens is 1550 g/mol. The van der Waals surface area contributed by atoms with Gasteiger partial charge in [-0.3, -0.25) is 28.3 Å². The fraction of sp³-hybridized carbons (Fsp3) is 0.897. The Kier molecular flexibility index (Phi) is 81.0. The maximum Gasteiger partial charge on any atom is 1.00 e. The van der Waals surface area contributed by atoms with E-state index in [4.69, 9.17) is 37.6 Å². The van der Waals surface area contributed by atoms with Crippen LogP contribution in [0.5, 0.6) is 0 Å². The number of ether oxygens (including phenoxy) is 4. The number of carbonyl (C=O) groups is 4. The molecule has 0 aromatic heterocycles. The first-order valence-corrected chi connectivity index (χ1v) is 47.9. The molecule has 622 valence electrons. The molecule has 1 aliphatic rings. The predicted octanol–water partition coefficient (Wildman–Crippen LogP) is 13.7. The number of allylic oxidation sites excluding steroid dienone is 4. The molecule has 23 nitrogen and oxygen atoms in total. The smallest absolute Gasteiger partial charge is 0.756 e. The summed E-state index contributed by atoms with van der Waals surface area (Å²) in [7, 11) is -10.2. The van der Waals surface area contributed by atoms with Gasteiger partial charge in [-0.2, -0.15) is 0 Å². The molecule has 0 aromatic rings. The number of phosphoric acid groups is 2. The number of aliphatic hydroxyl groups is 7. The molecule has 1 rings (SSSR count). The van der Waals surface area contributed by atoms with E-state index >= 15 is 0 Å². The molecule has 7 N–H and O–H groups in total. The summed E-state index contributed by atoms with van der Waals surface area (Å²) < 4.78 is 65.1. The number of rotatable bonds is 71. The van der Waals surface area contributed by atoms with E-state index in [0.717, 1.165) is 103 Å². The van der Waals surface area contributed by atoms with Crippen LogP contribution >= 0.6 is 44.6 Å². The molecule has 1 fully saturated rings. The predicted molar refractivity (Wildman–Crippen MR) is 423 cm³/mol. The van der Waals surface area contributed by atoms with E-state index in [-0.39, 0.29) is 61.8 Å². The molecule has 0 saturated heterocycles. The molecule has 0 aliphatic heterocycles. The number of hydrogen-bond donors (Lipinski definition) is 7. The van der Waals surface area contributed by atoms with Crippen molar-refractivity contribution in [1.29, 1.82) is 0 Å². The van der Waals surface area contributed by atoms with Crippen LogP contribution in [0.4, 0.5) is 0 Å². The van der Waals surface area contributed by atoms with Crippen molar-refractivity contribution in [2.45, 2.75) is 410 Å². The van der Waals surface area contributed by atoms with Crippen LogP contribution in [0, 0.1) is 0 Å². The van der Waals surface area contributed by atoms with Gasteiger partial charge in [0.2, 0.25) is 0 Å². The molecule has 0 heterocycles. The van der Waals surface area contributed by atoms with Crippen molar-refractivity contribution in [2.75, 3.05) is 39.6 Å². The van der Waals surface area contributed by atoms with Crippen LogP contribution in [0.25, 0.3) is 0 Å². The van der Waals surface area contributed by atoms with Crippen LogP contribution in [-0.2, 0) is 65.4 Å². The molecule has 10 unspecified atom stereocenters. The number of phosphoric ester groups is 2. The molecule has 0 spiro atoms. The topological polar surface area (TPSA) is 364 Å². The van der Waals surface area contributed by atoms with E-state index < -0.39 is 127 Å². The summed E-state index contributed by atoms with van der Waals surface area (Å²) in [5.74, 6) is -2.14. The van der Waals surface area contributed by atoms with Gasteiger partial charge >= 0.3 is 53.4 Å². The van der Waals surface area contributed by atoms with Gasteiger partial charge in [0.1, 0.15) is 55.9 Å². The molecule has 0 bridgehead atoms. The second-order valence-corrected chi connectivity index (χ2v) is 30.9. The monoisotopic (exact) mass is 1700 g/mol. The number of unbranched alkanes of at least 4 members (excludes halogenated alkanes) is 41. The van der Waals surface area contributed by atoms with E-state index in [9.17, 15) is 68.7 Å². The van der Waals surface area contributed by atoms with E-state index in [2.05, 4.69) is 79.4 Å². The van der Waals surface area contributed by atoms with Crippen molar-refractivity contribution in [3.63, 3.8) is 0 Å². The second-order valence-electron chi connectivity index (χ2n) is 28.1. The van der Waals surface area contributed by atoms with Gasteiger partial charge in [0.15, 0.2) is 12.2 Å². The van der Waals surface area contributed by atoms with Crippen LogP contribution < -0.4 is 39.3 Å². The van der Waals surface area contributed by atoms with Crippen molar-refractivity contribution in [2.24, 2.45) is 0 Å². The third-order valence-electron chi connectivity index (χ3n) is 18.3. The third-order valence-corrected chi connectivity index (χ3v) is 20.2. The minimum Gasteiger partial charge on any atom is -0.756 e. The molecule has 106 heavy (non-hydrogen) atoms. The Bertz CT molecular complexity index is 2160. The fourth-order valence-corrected chi connectivity index (χ4v) is 13.5. The van der Waals surface area contributed by atoms with E-state index in [0.29, 0.717) is 32.1 Å². The molecule has 10 atom stereocenters. The van der Waals surface area contributed by atoms with Crippen molar-refractivity contribution < 1.29 is 140 Å². The standard InChI is InChI=1S/C40H77O10P.C38H71O13P.H2IP.Na/c1-3-5-7-9-11-13-15-17-18-20-22-24-26-28-30-32-40(44)50-38(36-49-51(45,46)48-34-37(42)33-41)35-47-39(43)31-29-27-25-23-21-19-16-14-12-10-8-6-4-2;1-3-5-7-9-11-13-14-15-16-17-18-19-21-22-24-26-31(39)48-28-30(50-32(40)27-25-23-20-12-10-8-6-4-2)29-49-52(46,47)51-38-36(44)34(42)33(41)35(43)37(38)45;1-2;/h17-18,37-38,41-42H,3-16,19-36H2,1-2H3,(H,45,46);12,20,30,33-38,41-45H,3-11,13-19,21-29H2,1-2H3,(H,46,47);2H2;/q;;;+1/p-2/b18-17+;20-12-;;. The molecule has 28 heteroatoms. The normalized spacial score (nSPS) is 18.5. The number of carbonyl (C=O) groups excluding carboxylic acids is 4. The summed E-state index contributed by atoms with van der Waals surface area (Å²) in [4.78, 5) is 74.6. The molecule has 1 aliphatic carbocycles. The number of esters is 4. The largest absolute Gasteiger partial charge is 1.00 e. The first kappa shape index (κ1) is 110. The summed E-state index contributed by atoms with van der Waals surface area (Å²) in [6, 6.07) is 0. The summed E-state index contributed by atoms with van der Waals surface area (Å²) in [6.07, 6.45) is 47.1. The molecule has 1 saturated carbocycles. The summed E-state index contributed by atoms with van der Waals surface area (Å²) in [6.45, 7) is 7.67. The van der Waals surface area contributed by atoms with Crippen LogP contribution in [0.1, 0.15) is 355 Å². The van der Waals surface area contributed by atoms with Gasteiger partial charge in [-0.05, 0) is 70.6 Å². The van der Waals surface area contributed by atoms with Gasteiger partial charge < -0.3 is 82.6 Å². The Labute approximate surface area is 678 Å². The Morgan fingerprint density at radius 2 is 0.613 bits per heavy atom. The zero-order chi connectivity index (χ0) is 78.3. The van der Waals surface area contributed by atoms with Crippen molar-refractivity contribution in [3.05, 3.63) is 24.3 Å². The van der Waals surface area contributed by atoms with Gasteiger partial charge in [-0.15, -0.1) is 0 Å². The molecule has 0 amide bonds. The van der Waals surface area contributed by atoms with Crippen LogP contribution in [0.2, 0.25) is 0 Å². The maximum atomic E-state index is 12.6. The quantitative estimate of drug-likeness (QED) is 0.00565. The zero-order valence-corrected chi connectivity index (χ0v) is 73.4. The first-order valence-electron chi connectivity index (χ1n) is 40.8. The van der Waals surface area contributed by atoms with Crippen LogP contribution in [0.15, 0.2) is 24.3 Å². The van der Waals surface area contributed by atoms with Gasteiger partial charge in [-0.25, -0.2) is 0 Å². The summed E-state index contributed by atoms with van der Waals surface area (Å²) in [5.41, 5.74) is 0. The molecule has 0 radical (unpaired) electrons. The second kappa shape index (κ2) is 78.4. The third kappa shape index (κ3) is 69.0. The fourth-order valence-electron chi connectivity index (χ4n) is 11.7. The Morgan fingerprint density at radius 1 is 0.368 bits per heavy atom. The molecular formula is C78H148INaO23P3-. The SMILES string of the molecule is CCCCC/C=C\CCCC(=O)OC(COC(=O)CCCCCCCCCCCCCCCCC)COP(=O)([O-])OC1C(O)C(O)C(O)C(O)C1O.CCCCCCCC/C=C/CCCCCCCC(=O)OC(COC(=O)CCCCCCCCCCCCCCC)COP(=O)([O-])OCC(O)CO.PI.[Na+]. The Balaban J connectivity index is -0.00000194. The summed E-state index contributed by atoms with van der Waals surface area (Å²) in [5, 5.41) is 68.0. The Morgan fingerprint density at radius 3 is 0.943 bits per heavy atom. The zero-order valence-electron chi connectivity index (χ0n) is 66.3. The van der Waals surface area contributed by atoms with Crippen molar-refractivity contribution in [3.8, 4) is 0 Å². The first-order chi connectivity index (χ1) is 50.7. The van der Waals surface area contributed by atoms with Crippen LogP contribution in [-0.4, -0.2) is 154 Å². The minimum atomic E-state index is -5.36. The summed E-state index contributed by atoms with van der Waals surface area (Å²) >= 11 is 2.07. The van der Waals surface area contributed by atoms with Gasteiger partial charge in [-0.1, -0.05) is 312 Å². The van der Waals surface area contributed by atoms with E-state index in [1.807, 2.05) is 6.08 Å². The van der Waals surface area contributed by atoms with E-state index in [1.165, 1.54) is 167 Å². The average Bonchev–Trinajstić information content (AvgIpc) is 0.791. The average molecular weight is 1700 g/mol. The van der Waals surface area contributed by atoms with E-state index in [1.54, 1.807) is 0 Å². The van der Waals surface area contributed by atoms with Gasteiger partial charge in [0, 0.05) is 25.7 Å². The maximum absolute atomic E-state index is 12.6.